The van der Waals surface area contributed by atoms with E-state index in [1.165, 1.54) is 12.1 Å². The third-order valence-electron chi connectivity index (χ3n) is 4.17. The van der Waals surface area contributed by atoms with Gasteiger partial charge in [-0.2, -0.15) is 0 Å². The van der Waals surface area contributed by atoms with Crippen molar-refractivity contribution in [3.63, 3.8) is 0 Å². The van der Waals surface area contributed by atoms with Gasteiger partial charge in [0.25, 0.3) is 5.91 Å². The highest BCUT2D eigenvalue weighted by molar-refractivity contribution is 7.89. The molecule has 3 aromatic rings. The van der Waals surface area contributed by atoms with Crippen molar-refractivity contribution in [2.75, 3.05) is 18.2 Å². The van der Waals surface area contributed by atoms with Crippen molar-refractivity contribution in [1.82, 2.24) is 0 Å². The maximum Gasteiger partial charge on any atom is 0.255 e. The van der Waals surface area contributed by atoms with Gasteiger partial charge in [0, 0.05) is 5.56 Å². The molecule has 0 radical (unpaired) electrons. The van der Waals surface area contributed by atoms with Gasteiger partial charge < -0.3 is 15.8 Å². The standard InChI is InChI=1S/C20H19N3O4S/c1-27-16-7-2-14(3-8-16)20(24)23-19-12-15(6-11-18(19)21)13-4-9-17(10-5-13)28(22,25)26/h2-12H,21H2,1H3,(H,23,24)(H2,22,25,26). The van der Waals surface area contributed by atoms with Gasteiger partial charge in [-0.25, -0.2) is 13.6 Å². The van der Waals surface area contributed by atoms with Crippen molar-refractivity contribution in [1.29, 1.82) is 0 Å². The summed E-state index contributed by atoms with van der Waals surface area (Å²) in [5.41, 5.74) is 8.83. The topological polar surface area (TPSA) is 125 Å². The molecule has 5 N–H and O–H groups in total. The molecule has 28 heavy (non-hydrogen) atoms. The van der Waals surface area contributed by atoms with Crippen LogP contribution in [0.15, 0.2) is 71.6 Å². The number of nitrogens with one attached hydrogen (secondary N) is 1. The monoisotopic (exact) mass is 397 g/mol. The Labute approximate surface area is 163 Å². The quantitative estimate of drug-likeness (QED) is 0.571. The van der Waals surface area contributed by atoms with Gasteiger partial charge in [-0.15, -0.1) is 0 Å². The van der Waals surface area contributed by atoms with E-state index in [-0.39, 0.29) is 10.8 Å². The molecule has 0 bridgehead atoms. The lowest BCUT2D eigenvalue weighted by atomic mass is 10.0. The van der Waals surface area contributed by atoms with Crippen molar-refractivity contribution in [2.24, 2.45) is 5.14 Å². The first-order valence-corrected chi connectivity index (χ1v) is 9.81. The van der Waals surface area contributed by atoms with Gasteiger partial charge in [-0.05, 0) is 59.7 Å². The van der Waals surface area contributed by atoms with Crippen LogP contribution in [0.4, 0.5) is 11.4 Å². The van der Waals surface area contributed by atoms with Crippen LogP contribution in [-0.2, 0) is 10.0 Å². The van der Waals surface area contributed by atoms with Crippen LogP contribution < -0.4 is 20.9 Å². The normalized spacial score (nSPS) is 11.1. The Morgan fingerprint density at radius 2 is 1.54 bits per heavy atom. The first kappa shape index (κ1) is 19.4. The van der Waals surface area contributed by atoms with Gasteiger partial charge in [0.2, 0.25) is 10.0 Å². The van der Waals surface area contributed by atoms with Crippen molar-refractivity contribution < 1.29 is 17.9 Å². The van der Waals surface area contributed by atoms with Crippen LogP contribution >= 0.6 is 0 Å². The molecule has 0 saturated heterocycles. The second kappa shape index (κ2) is 7.71. The van der Waals surface area contributed by atoms with E-state index in [1.807, 2.05) is 0 Å². The van der Waals surface area contributed by atoms with E-state index in [2.05, 4.69) is 5.32 Å². The molecule has 7 nitrogen and oxygen atoms in total. The molecule has 3 aromatic carbocycles. The minimum absolute atomic E-state index is 0.0275. The fraction of sp³-hybridized carbons (Fsp3) is 0.0500. The third kappa shape index (κ3) is 4.30. The molecule has 1 amide bonds. The van der Waals surface area contributed by atoms with Crippen molar-refractivity contribution in [3.05, 3.63) is 72.3 Å². The summed E-state index contributed by atoms with van der Waals surface area (Å²) in [5, 5.41) is 7.91. The number of primary sulfonamides is 1. The van der Waals surface area contributed by atoms with Crippen molar-refractivity contribution in [3.8, 4) is 16.9 Å². The average Bonchev–Trinajstić information content (AvgIpc) is 2.69. The maximum atomic E-state index is 12.5. The van der Waals surface area contributed by atoms with E-state index in [0.717, 1.165) is 11.1 Å². The van der Waals surface area contributed by atoms with Gasteiger partial charge in [-0.3, -0.25) is 4.79 Å². The lowest BCUT2D eigenvalue weighted by Crippen LogP contribution is -2.13. The van der Waals surface area contributed by atoms with E-state index in [0.29, 0.717) is 22.7 Å². The number of carbonyl (C=O) groups excluding carboxylic acids is 1. The summed E-state index contributed by atoms with van der Waals surface area (Å²) < 4.78 is 27.8. The van der Waals surface area contributed by atoms with Gasteiger partial charge >= 0.3 is 0 Å². The van der Waals surface area contributed by atoms with E-state index in [9.17, 15) is 13.2 Å². The molecule has 0 spiro atoms. The zero-order chi connectivity index (χ0) is 20.3. The number of amides is 1. The molecule has 0 aliphatic heterocycles. The van der Waals surface area contributed by atoms with Crippen LogP contribution in [0.2, 0.25) is 0 Å². The van der Waals surface area contributed by atoms with E-state index >= 15 is 0 Å². The van der Waals surface area contributed by atoms with E-state index < -0.39 is 10.0 Å². The first-order chi connectivity index (χ1) is 13.3. The number of nitrogen functional groups attached to an aromatic ring is 1. The maximum absolute atomic E-state index is 12.5. The van der Waals surface area contributed by atoms with Crippen LogP contribution in [-0.4, -0.2) is 21.4 Å². The molecule has 0 aliphatic carbocycles. The third-order valence-corrected chi connectivity index (χ3v) is 5.10. The highest BCUT2D eigenvalue weighted by Gasteiger charge is 2.11. The Morgan fingerprint density at radius 3 is 2.11 bits per heavy atom. The highest BCUT2D eigenvalue weighted by atomic mass is 32.2. The number of nitrogens with two attached hydrogens (primary N) is 2. The van der Waals surface area contributed by atoms with E-state index in [4.69, 9.17) is 15.6 Å². The van der Waals surface area contributed by atoms with E-state index in [1.54, 1.807) is 61.7 Å². The summed E-state index contributed by atoms with van der Waals surface area (Å²) >= 11 is 0. The van der Waals surface area contributed by atoms with Crippen LogP contribution in [0.3, 0.4) is 0 Å². The first-order valence-electron chi connectivity index (χ1n) is 8.26. The van der Waals surface area contributed by atoms with Crippen LogP contribution in [0.25, 0.3) is 11.1 Å². The number of carbonyl (C=O) groups is 1. The molecular weight excluding hydrogens is 378 g/mol. The van der Waals surface area contributed by atoms with Gasteiger partial charge in [0.15, 0.2) is 0 Å². The summed E-state index contributed by atoms with van der Waals surface area (Å²) in [4.78, 5) is 12.5. The lowest BCUT2D eigenvalue weighted by Gasteiger charge is -2.11. The molecule has 0 heterocycles. The molecule has 0 saturated carbocycles. The Bertz CT molecular complexity index is 1110. The Balaban J connectivity index is 1.85. The number of hydrogen-bond donors (Lipinski definition) is 3. The Kier molecular flexibility index (Phi) is 5.34. The van der Waals surface area contributed by atoms with Crippen LogP contribution in [0.1, 0.15) is 10.4 Å². The fourth-order valence-electron chi connectivity index (χ4n) is 2.62. The second-order valence-corrected chi connectivity index (χ2v) is 7.62. The number of sulfonamides is 1. The number of ether oxygens (including phenoxy) is 1. The molecule has 0 aromatic heterocycles. The summed E-state index contributed by atoms with van der Waals surface area (Å²) in [6.07, 6.45) is 0. The van der Waals surface area contributed by atoms with Gasteiger partial charge in [-0.1, -0.05) is 18.2 Å². The molecule has 8 heteroatoms. The largest absolute Gasteiger partial charge is 0.497 e. The highest BCUT2D eigenvalue weighted by Crippen LogP contribution is 2.28. The molecule has 0 unspecified atom stereocenters. The Morgan fingerprint density at radius 1 is 0.929 bits per heavy atom. The minimum atomic E-state index is -3.75. The lowest BCUT2D eigenvalue weighted by molar-refractivity contribution is 0.102. The molecule has 144 valence electrons. The molecule has 0 atom stereocenters. The summed E-state index contributed by atoms with van der Waals surface area (Å²) in [5.74, 6) is 0.345. The second-order valence-electron chi connectivity index (χ2n) is 6.05. The van der Waals surface area contributed by atoms with Crippen molar-refractivity contribution >= 4 is 27.3 Å². The fourth-order valence-corrected chi connectivity index (χ4v) is 3.13. The van der Waals surface area contributed by atoms with Gasteiger partial charge in [0.1, 0.15) is 5.75 Å². The number of benzene rings is 3. The van der Waals surface area contributed by atoms with Crippen molar-refractivity contribution in [2.45, 2.75) is 4.90 Å². The molecule has 0 fully saturated rings. The zero-order valence-electron chi connectivity index (χ0n) is 15.0. The zero-order valence-corrected chi connectivity index (χ0v) is 15.9. The molecule has 0 aliphatic rings. The number of hydrogen-bond acceptors (Lipinski definition) is 5. The smallest absolute Gasteiger partial charge is 0.255 e. The van der Waals surface area contributed by atoms with Crippen LogP contribution in [0, 0.1) is 0 Å². The molecular formula is C20H19N3O4S. The molecule has 3 rings (SSSR count). The number of rotatable bonds is 5. The SMILES string of the molecule is COc1ccc(C(=O)Nc2cc(-c3ccc(S(N)(=O)=O)cc3)ccc2N)cc1. The number of anilines is 2. The average molecular weight is 397 g/mol. The van der Waals surface area contributed by atoms with Crippen LogP contribution in [0.5, 0.6) is 5.75 Å². The predicted octanol–water partition coefficient (Wildman–Crippen LogP) is 2.84. The number of methoxy groups -OCH3 is 1. The summed E-state index contributed by atoms with van der Waals surface area (Å²) in [7, 11) is -2.20. The summed E-state index contributed by atoms with van der Waals surface area (Å²) in [6, 6.07) is 18.0. The minimum Gasteiger partial charge on any atom is -0.497 e. The summed E-state index contributed by atoms with van der Waals surface area (Å²) in [6.45, 7) is 0. The Hall–Kier alpha value is -3.36. The predicted molar refractivity (Wildman–Crippen MR) is 109 cm³/mol. The van der Waals surface area contributed by atoms with Gasteiger partial charge in [0.05, 0.1) is 23.4 Å².